The van der Waals surface area contributed by atoms with Crippen molar-refractivity contribution in [3.63, 3.8) is 0 Å². The molecule has 0 aliphatic rings. The second kappa shape index (κ2) is 3.77. The number of aromatic nitrogens is 1. The highest BCUT2D eigenvalue weighted by atomic mass is 16.3. The molecular weight excluding hydrogens is 176 g/mol. The first kappa shape index (κ1) is 10.7. The van der Waals surface area contributed by atoms with Gasteiger partial charge in [0, 0.05) is 6.20 Å². The fraction of sp³-hybridized carbons (Fsp3) is 0.455. The molecule has 0 fully saturated rings. The summed E-state index contributed by atoms with van der Waals surface area (Å²) in [5.41, 5.74) is 0.920. The summed E-state index contributed by atoms with van der Waals surface area (Å²) in [6.07, 6.45) is 1.10. The van der Waals surface area contributed by atoms with Crippen molar-refractivity contribution in [1.82, 2.24) is 4.98 Å². The van der Waals surface area contributed by atoms with Crippen molar-refractivity contribution in [2.45, 2.75) is 32.3 Å². The Morgan fingerprint density at radius 3 is 2.50 bits per heavy atom. The molecule has 0 radical (unpaired) electrons. The molecule has 1 atom stereocenters. The normalized spacial score (nSPS) is 13.4. The molecule has 1 aromatic rings. The highest BCUT2D eigenvalue weighted by Gasteiger charge is 2.21. The Kier molecular flexibility index (Phi) is 2.87. The number of aliphatic hydroxyl groups excluding tert-OH is 1. The van der Waals surface area contributed by atoms with Crippen LogP contribution in [0.1, 0.15) is 38.1 Å². The molecule has 0 spiro atoms. The third-order valence-electron chi connectivity index (χ3n) is 2.19. The number of hydrogen-bond acceptors (Lipinski definition) is 3. The molecular formula is C11H14N2O. The van der Waals surface area contributed by atoms with E-state index >= 15 is 0 Å². The van der Waals surface area contributed by atoms with E-state index in [0.717, 1.165) is 11.3 Å². The van der Waals surface area contributed by atoms with E-state index in [1.54, 1.807) is 25.3 Å². The molecule has 0 saturated heterocycles. The molecule has 1 heterocycles. The van der Waals surface area contributed by atoms with Crippen LogP contribution in [0.2, 0.25) is 0 Å². The van der Waals surface area contributed by atoms with Crippen LogP contribution in [0, 0.1) is 11.3 Å². The van der Waals surface area contributed by atoms with Gasteiger partial charge in [0.15, 0.2) is 0 Å². The average molecular weight is 190 g/mol. The lowest BCUT2D eigenvalue weighted by atomic mass is 9.90. The quantitative estimate of drug-likeness (QED) is 0.775. The molecule has 14 heavy (non-hydrogen) atoms. The molecule has 0 aliphatic heterocycles. The molecule has 0 aliphatic carbocycles. The van der Waals surface area contributed by atoms with Crippen LogP contribution in [-0.2, 0) is 5.41 Å². The number of aliphatic hydroxyl groups is 1. The maximum atomic E-state index is 9.27. The van der Waals surface area contributed by atoms with Crippen LogP contribution < -0.4 is 0 Å². The third-order valence-corrected chi connectivity index (χ3v) is 2.19. The fourth-order valence-electron chi connectivity index (χ4n) is 1.08. The van der Waals surface area contributed by atoms with E-state index in [1.165, 1.54) is 0 Å². The fourth-order valence-corrected chi connectivity index (χ4v) is 1.08. The Morgan fingerprint density at radius 1 is 1.50 bits per heavy atom. The van der Waals surface area contributed by atoms with Gasteiger partial charge in [0.2, 0.25) is 0 Å². The molecule has 1 N–H and O–H groups in total. The van der Waals surface area contributed by atoms with E-state index in [-0.39, 0.29) is 0 Å². The third kappa shape index (κ3) is 2.09. The lowest BCUT2D eigenvalue weighted by molar-refractivity contribution is 0.199. The summed E-state index contributed by atoms with van der Waals surface area (Å²) < 4.78 is 0. The Morgan fingerprint density at radius 2 is 2.14 bits per heavy atom. The first-order valence-electron chi connectivity index (χ1n) is 4.53. The maximum Gasteiger partial charge on any atom is 0.0937 e. The lowest BCUT2D eigenvalue weighted by Gasteiger charge is -2.14. The number of pyridine rings is 1. The van der Waals surface area contributed by atoms with Gasteiger partial charge in [-0.25, -0.2) is 0 Å². The van der Waals surface area contributed by atoms with Gasteiger partial charge in [-0.1, -0.05) is 6.07 Å². The van der Waals surface area contributed by atoms with Crippen molar-refractivity contribution < 1.29 is 5.11 Å². The second-order valence-electron chi connectivity index (χ2n) is 3.89. The van der Waals surface area contributed by atoms with Crippen LogP contribution in [0.4, 0.5) is 0 Å². The monoisotopic (exact) mass is 190 g/mol. The Bertz CT molecular complexity index is 347. The van der Waals surface area contributed by atoms with Gasteiger partial charge >= 0.3 is 0 Å². The first-order chi connectivity index (χ1) is 6.47. The van der Waals surface area contributed by atoms with Crippen LogP contribution in [0.3, 0.4) is 0 Å². The summed E-state index contributed by atoms with van der Waals surface area (Å²) in [7, 11) is 0. The van der Waals surface area contributed by atoms with E-state index < -0.39 is 11.5 Å². The Hall–Kier alpha value is -1.40. The van der Waals surface area contributed by atoms with Gasteiger partial charge < -0.3 is 5.11 Å². The molecule has 74 valence electrons. The number of nitrogens with zero attached hydrogens (tertiary/aromatic N) is 2. The first-order valence-corrected chi connectivity index (χ1v) is 4.53. The summed E-state index contributed by atoms with van der Waals surface area (Å²) in [6, 6.07) is 5.76. The molecule has 1 unspecified atom stereocenters. The minimum atomic E-state index is -0.572. The van der Waals surface area contributed by atoms with Crippen molar-refractivity contribution in [2.75, 3.05) is 0 Å². The van der Waals surface area contributed by atoms with Crippen molar-refractivity contribution in [3.05, 3.63) is 29.6 Å². The minimum Gasteiger partial charge on any atom is -0.389 e. The summed E-state index contributed by atoms with van der Waals surface area (Å²) in [4.78, 5) is 4.16. The summed E-state index contributed by atoms with van der Waals surface area (Å²) in [5.74, 6) is 0. The molecule has 0 bridgehead atoms. The summed E-state index contributed by atoms with van der Waals surface area (Å²) >= 11 is 0. The Labute approximate surface area is 84.0 Å². The summed E-state index contributed by atoms with van der Waals surface area (Å²) in [6.45, 7) is 5.32. The highest BCUT2D eigenvalue weighted by Crippen LogP contribution is 2.21. The van der Waals surface area contributed by atoms with E-state index in [1.807, 2.05) is 13.8 Å². The van der Waals surface area contributed by atoms with Gasteiger partial charge in [-0.05, 0) is 32.4 Å². The van der Waals surface area contributed by atoms with Crippen LogP contribution >= 0.6 is 0 Å². The topological polar surface area (TPSA) is 56.9 Å². The molecule has 1 rings (SSSR count). The van der Waals surface area contributed by atoms with Gasteiger partial charge in [-0.15, -0.1) is 0 Å². The van der Waals surface area contributed by atoms with Gasteiger partial charge in [0.1, 0.15) is 0 Å². The molecule has 0 amide bonds. The van der Waals surface area contributed by atoms with Crippen LogP contribution in [0.25, 0.3) is 0 Å². The molecule has 0 saturated carbocycles. The van der Waals surface area contributed by atoms with E-state index in [9.17, 15) is 5.11 Å². The zero-order valence-electron chi connectivity index (χ0n) is 8.65. The maximum absolute atomic E-state index is 9.27. The van der Waals surface area contributed by atoms with Crippen molar-refractivity contribution in [3.8, 4) is 6.07 Å². The zero-order valence-corrected chi connectivity index (χ0v) is 8.65. The highest BCUT2D eigenvalue weighted by molar-refractivity contribution is 5.26. The molecule has 0 aromatic carbocycles. The number of rotatable bonds is 2. The van der Waals surface area contributed by atoms with Crippen molar-refractivity contribution in [1.29, 1.82) is 5.26 Å². The SMILES string of the molecule is CC(O)c1ccc(C(C)(C)C#N)nc1. The minimum absolute atomic E-state index is 0.512. The number of nitriles is 1. The van der Waals surface area contributed by atoms with E-state index in [0.29, 0.717) is 0 Å². The van der Waals surface area contributed by atoms with Crippen LogP contribution in [0.15, 0.2) is 18.3 Å². The largest absolute Gasteiger partial charge is 0.389 e. The predicted octanol–water partition coefficient (Wildman–Crippen LogP) is 1.94. The van der Waals surface area contributed by atoms with Gasteiger partial charge in [0.25, 0.3) is 0 Å². The van der Waals surface area contributed by atoms with Gasteiger partial charge in [0.05, 0.1) is 23.3 Å². The smallest absolute Gasteiger partial charge is 0.0937 e. The van der Waals surface area contributed by atoms with E-state index in [2.05, 4.69) is 11.1 Å². The zero-order chi connectivity index (χ0) is 10.8. The molecule has 3 nitrogen and oxygen atoms in total. The lowest BCUT2D eigenvalue weighted by Crippen LogP contribution is -2.15. The second-order valence-corrected chi connectivity index (χ2v) is 3.89. The summed E-state index contributed by atoms with van der Waals surface area (Å²) in [5, 5.41) is 18.2. The standard InChI is InChI=1S/C11H14N2O/c1-8(14)9-4-5-10(13-6-9)11(2,3)7-12/h4-6,8,14H,1-3H3. The Balaban J connectivity index is 3.01. The van der Waals surface area contributed by atoms with Crippen molar-refractivity contribution in [2.24, 2.45) is 0 Å². The van der Waals surface area contributed by atoms with Crippen LogP contribution in [-0.4, -0.2) is 10.1 Å². The van der Waals surface area contributed by atoms with E-state index in [4.69, 9.17) is 5.26 Å². The number of hydrogen-bond donors (Lipinski definition) is 1. The molecule has 1 aromatic heterocycles. The molecule has 3 heteroatoms. The van der Waals surface area contributed by atoms with Crippen molar-refractivity contribution >= 4 is 0 Å². The van der Waals surface area contributed by atoms with Gasteiger partial charge in [-0.3, -0.25) is 4.98 Å². The van der Waals surface area contributed by atoms with Crippen LogP contribution in [0.5, 0.6) is 0 Å². The van der Waals surface area contributed by atoms with Gasteiger partial charge in [-0.2, -0.15) is 5.26 Å². The average Bonchev–Trinajstić information content (AvgIpc) is 2.18. The predicted molar refractivity (Wildman–Crippen MR) is 53.5 cm³/mol.